The molecule has 41 heavy (non-hydrogen) atoms. The molecule has 1 aliphatic carbocycles. The first kappa shape index (κ1) is 32.5. The average Bonchev–Trinajstić information content (AvgIpc) is 2.98. The lowest BCUT2D eigenvalue weighted by molar-refractivity contribution is -0.157. The Balaban J connectivity index is 1.46. The molecule has 3 rings (SSSR count). The Labute approximate surface area is 241 Å². The molecule has 0 unspecified atom stereocenters. The van der Waals surface area contributed by atoms with Crippen molar-refractivity contribution in [1.29, 1.82) is 0 Å². The number of alkyl halides is 1. The lowest BCUT2D eigenvalue weighted by Crippen LogP contribution is -2.28. The third kappa shape index (κ3) is 10.1. The Kier molecular flexibility index (Phi) is 13.5. The summed E-state index contributed by atoms with van der Waals surface area (Å²) in [6, 6.07) is 9.32. The molecule has 226 valence electrons. The second-order valence-corrected chi connectivity index (χ2v) is 10.8. The number of esters is 2. The van der Waals surface area contributed by atoms with Gasteiger partial charge >= 0.3 is 11.9 Å². The predicted octanol–water partition coefficient (Wildman–Crippen LogP) is 9.02. The van der Waals surface area contributed by atoms with Crippen LogP contribution in [0.4, 0.5) is 13.2 Å². The molecule has 0 aromatic heterocycles. The molecule has 1 aliphatic rings. The van der Waals surface area contributed by atoms with E-state index >= 15 is 0 Å². The molecule has 8 heteroatoms. The van der Waals surface area contributed by atoms with Crippen LogP contribution < -0.4 is 9.47 Å². The van der Waals surface area contributed by atoms with Crippen LogP contribution in [0.3, 0.4) is 0 Å². The van der Waals surface area contributed by atoms with Gasteiger partial charge in [0.05, 0.1) is 12.2 Å². The normalized spacial score (nSPS) is 17.6. The van der Waals surface area contributed by atoms with Gasteiger partial charge in [-0.25, -0.2) is 18.4 Å². The molecule has 0 saturated heterocycles. The summed E-state index contributed by atoms with van der Waals surface area (Å²) in [5, 5.41) is 0. The third-order valence-electron chi connectivity index (χ3n) is 7.61. The van der Waals surface area contributed by atoms with Gasteiger partial charge in [0.15, 0.2) is 17.7 Å². The molecular formula is C33H43F3O5. The fraction of sp³-hybridized carbons (Fsp3) is 0.576. The molecule has 0 amide bonds. The molecule has 0 spiro atoms. The standard InChI is InChI=1S/C33H43F3O5/c1-3-5-7-8-9-10-22-39-29-21-20-27(30(35)31(29)36)32(37)40-25-16-12-23(13-17-25)24-14-18-26(19-15-24)41-33(38)28(34)11-6-4-2/h12-13,16-17,20-21,24,26,28H,3-11,14-15,18-19,22H2,1-2H3/t24?,26?,28-/m1/s1. The maximum absolute atomic E-state index is 14.6. The molecule has 0 heterocycles. The monoisotopic (exact) mass is 576 g/mol. The minimum atomic E-state index is -1.56. The third-order valence-corrected chi connectivity index (χ3v) is 7.61. The molecule has 0 N–H and O–H groups in total. The lowest BCUT2D eigenvalue weighted by Gasteiger charge is -2.29. The van der Waals surface area contributed by atoms with Crippen LogP contribution in [0.15, 0.2) is 36.4 Å². The number of carbonyl (C=O) groups is 2. The molecule has 1 saturated carbocycles. The van der Waals surface area contributed by atoms with Crippen LogP contribution in [0.2, 0.25) is 0 Å². The zero-order valence-electron chi connectivity index (χ0n) is 24.3. The number of benzene rings is 2. The van der Waals surface area contributed by atoms with Crippen molar-refractivity contribution in [3.8, 4) is 11.5 Å². The van der Waals surface area contributed by atoms with Gasteiger partial charge in [0.1, 0.15) is 11.9 Å². The van der Waals surface area contributed by atoms with Gasteiger partial charge in [-0.05, 0) is 74.3 Å². The maximum Gasteiger partial charge on any atom is 0.346 e. The molecule has 1 atom stereocenters. The van der Waals surface area contributed by atoms with Crippen molar-refractivity contribution < 1.29 is 37.0 Å². The predicted molar refractivity (Wildman–Crippen MR) is 152 cm³/mol. The van der Waals surface area contributed by atoms with Crippen LogP contribution >= 0.6 is 0 Å². The minimum Gasteiger partial charge on any atom is -0.490 e. The number of unbranched alkanes of at least 4 members (excludes halogenated alkanes) is 6. The first-order valence-corrected chi connectivity index (χ1v) is 15.1. The van der Waals surface area contributed by atoms with Crippen LogP contribution in [0.25, 0.3) is 0 Å². The maximum atomic E-state index is 14.6. The van der Waals surface area contributed by atoms with Crippen LogP contribution in [-0.4, -0.2) is 30.8 Å². The number of hydrogen-bond donors (Lipinski definition) is 0. The molecule has 5 nitrogen and oxygen atoms in total. The fourth-order valence-electron chi connectivity index (χ4n) is 5.09. The molecular weight excluding hydrogens is 533 g/mol. The van der Waals surface area contributed by atoms with E-state index in [0.717, 1.165) is 56.9 Å². The topological polar surface area (TPSA) is 61.8 Å². The second kappa shape index (κ2) is 17.0. The van der Waals surface area contributed by atoms with E-state index in [0.29, 0.717) is 19.3 Å². The van der Waals surface area contributed by atoms with Crippen LogP contribution in [-0.2, 0) is 9.53 Å². The van der Waals surface area contributed by atoms with E-state index in [1.54, 1.807) is 12.1 Å². The smallest absolute Gasteiger partial charge is 0.346 e. The summed E-state index contributed by atoms with van der Waals surface area (Å²) in [5.74, 6) is -4.04. The van der Waals surface area contributed by atoms with E-state index in [9.17, 15) is 22.8 Å². The molecule has 0 bridgehead atoms. The molecule has 0 aliphatic heterocycles. The highest BCUT2D eigenvalue weighted by Gasteiger charge is 2.28. The number of halogens is 3. The number of rotatable bonds is 16. The van der Waals surface area contributed by atoms with Gasteiger partial charge in [-0.3, -0.25) is 0 Å². The van der Waals surface area contributed by atoms with Gasteiger partial charge in [-0.2, -0.15) is 4.39 Å². The Bertz CT molecular complexity index is 1100. The summed E-state index contributed by atoms with van der Waals surface area (Å²) in [6.45, 7) is 4.37. The van der Waals surface area contributed by atoms with E-state index in [1.165, 1.54) is 18.6 Å². The van der Waals surface area contributed by atoms with Crippen LogP contribution in [0.1, 0.15) is 119 Å². The van der Waals surface area contributed by atoms with Crippen molar-refractivity contribution in [2.24, 2.45) is 0 Å². The van der Waals surface area contributed by atoms with E-state index < -0.39 is 35.3 Å². The Hall–Kier alpha value is -3.03. The highest BCUT2D eigenvalue weighted by molar-refractivity contribution is 5.91. The van der Waals surface area contributed by atoms with E-state index in [-0.39, 0.29) is 36.5 Å². The van der Waals surface area contributed by atoms with Crippen molar-refractivity contribution in [3.63, 3.8) is 0 Å². The quantitative estimate of drug-likeness (QED) is 0.113. The fourth-order valence-corrected chi connectivity index (χ4v) is 5.09. The van der Waals surface area contributed by atoms with Crippen molar-refractivity contribution in [3.05, 3.63) is 59.2 Å². The summed E-state index contributed by atoms with van der Waals surface area (Å²) in [6.07, 6.45) is 8.99. The van der Waals surface area contributed by atoms with E-state index in [2.05, 4.69) is 6.92 Å². The lowest BCUT2D eigenvalue weighted by atomic mass is 9.83. The first-order chi connectivity index (χ1) is 19.8. The van der Waals surface area contributed by atoms with Crippen molar-refractivity contribution in [2.75, 3.05) is 6.61 Å². The number of hydrogen-bond acceptors (Lipinski definition) is 5. The van der Waals surface area contributed by atoms with Crippen molar-refractivity contribution in [2.45, 2.75) is 116 Å². The summed E-state index contributed by atoms with van der Waals surface area (Å²) in [4.78, 5) is 24.5. The van der Waals surface area contributed by atoms with Gasteiger partial charge in [0.2, 0.25) is 5.82 Å². The molecule has 1 fully saturated rings. The van der Waals surface area contributed by atoms with Gasteiger partial charge in [-0.1, -0.05) is 70.9 Å². The van der Waals surface area contributed by atoms with Crippen LogP contribution in [0.5, 0.6) is 11.5 Å². The Morgan fingerprint density at radius 2 is 1.49 bits per heavy atom. The molecule has 2 aromatic rings. The second-order valence-electron chi connectivity index (χ2n) is 10.8. The first-order valence-electron chi connectivity index (χ1n) is 15.1. The number of ether oxygens (including phenoxy) is 3. The summed E-state index contributed by atoms with van der Waals surface area (Å²) in [7, 11) is 0. The van der Waals surface area contributed by atoms with Gasteiger partial charge < -0.3 is 14.2 Å². The highest BCUT2D eigenvalue weighted by atomic mass is 19.2. The largest absolute Gasteiger partial charge is 0.490 e. The SMILES string of the molecule is CCCCCCCCOc1ccc(C(=O)Oc2ccc(C3CCC(OC(=O)[C@H](F)CCCC)CC3)cc2)c(F)c1F. The van der Waals surface area contributed by atoms with Gasteiger partial charge in [-0.15, -0.1) is 0 Å². The minimum absolute atomic E-state index is 0.197. The zero-order valence-corrected chi connectivity index (χ0v) is 24.3. The summed E-state index contributed by atoms with van der Waals surface area (Å²) < 4.78 is 59.1. The Morgan fingerprint density at radius 1 is 0.829 bits per heavy atom. The highest BCUT2D eigenvalue weighted by Crippen LogP contribution is 2.35. The molecule has 2 aromatic carbocycles. The zero-order chi connectivity index (χ0) is 29.6. The van der Waals surface area contributed by atoms with Crippen LogP contribution in [0, 0.1) is 11.6 Å². The van der Waals surface area contributed by atoms with Crippen molar-refractivity contribution in [1.82, 2.24) is 0 Å². The van der Waals surface area contributed by atoms with E-state index in [4.69, 9.17) is 14.2 Å². The average molecular weight is 577 g/mol. The van der Waals surface area contributed by atoms with Crippen molar-refractivity contribution >= 4 is 11.9 Å². The summed E-state index contributed by atoms with van der Waals surface area (Å²) >= 11 is 0. The Morgan fingerprint density at radius 3 is 2.17 bits per heavy atom. The molecule has 0 radical (unpaired) electrons. The van der Waals surface area contributed by atoms with E-state index in [1.807, 2.05) is 19.1 Å². The number of carbonyl (C=O) groups excluding carboxylic acids is 2. The van der Waals surface area contributed by atoms with Gasteiger partial charge in [0, 0.05) is 0 Å². The van der Waals surface area contributed by atoms with Gasteiger partial charge in [0.25, 0.3) is 0 Å². The summed E-state index contributed by atoms with van der Waals surface area (Å²) in [5.41, 5.74) is 0.529.